The van der Waals surface area contributed by atoms with E-state index >= 15 is 0 Å². The second-order valence-electron chi connectivity index (χ2n) is 10.1. The monoisotopic (exact) mass is 431 g/mol. The standard InChI is InChI=1S/C27H29NO4/c1-4-27(2,3)19-10-12-21(13-11-19)32-26(31)18-6-5-7-20(15-18)28-24(29)22-16-8-9-17(14-16)23(22)25(28)30/h5-7,10-13,15-17,22-23H,4,8-9,14H2,1-3H3/t16-,17-,22+,23+/m0/s1. The third-order valence-electron chi connectivity index (χ3n) is 8.00. The number of hydrogen-bond acceptors (Lipinski definition) is 4. The summed E-state index contributed by atoms with van der Waals surface area (Å²) in [4.78, 5) is 40.3. The molecule has 3 aliphatic rings. The molecule has 4 atom stereocenters. The van der Waals surface area contributed by atoms with Crippen LogP contribution < -0.4 is 9.64 Å². The molecular weight excluding hydrogens is 402 g/mol. The molecule has 2 aromatic carbocycles. The highest BCUT2D eigenvalue weighted by Gasteiger charge is 2.61. The van der Waals surface area contributed by atoms with Gasteiger partial charge in [-0.1, -0.05) is 39.0 Å². The van der Waals surface area contributed by atoms with Crippen LogP contribution >= 0.6 is 0 Å². The summed E-state index contributed by atoms with van der Waals surface area (Å²) in [5.41, 5.74) is 2.03. The maximum atomic E-state index is 13.1. The second-order valence-corrected chi connectivity index (χ2v) is 10.1. The lowest BCUT2D eigenvalue weighted by Gasteiger charge is -2.23. The Hall–Kier alpha value is -2.95. The number of fused-ring (bicyclic) bond motifs is 5. The van der Waals surface area contributed by atoms with Gasteiger partial charge in [0.25, 0.3) is 0 Å². The smallest absolute Gasteiger partial charge is 0.343 e. The molecule has 0 unspecified atom stereocenters. The average Bonchev–Trinajstić information content (AvgIpc) is 3.48. The van der Waals surface area contributed by atoms with Gasteiger partial charge >= 0.3 is 5.97 Å². The Labute approximate surface area is 188 Å². The molecule has 5 nitrogen and oxygen atoms in total. The molecule has 1 saturated heterocycles. The SMILES string of the molecule is CCC(C)(C)c1ccc(OC(=O)c2cccc(N3C(=O)[C@@H]4[C@H]5CC[C@@H](C5)[C@H]4C3=O)c2)cc1. The molecule has 2 aromatic rings. The van der Waals surface area contributed by atoms with Gasteiger partial charge in [0.2, 0.25) is 11.8 Å². The summed E-state index contributed by atoms with van der Waals surface area (Å²) in [6.07, 6.45) is 4.09. The molecule has 0 spiro atoms. The molecule has 2 saturated carbocycles. The summed E-state index contributed by atoms with van der Waals surface area (Å²) in [5.74, 6) is 0.0638. The maximum Gasteiger partial charge on any atom is 0.343 e. The van der Waals surface area contributed by atoms with Gasteiger partial charge < -0.3 is 4.74 Å². The first-order chi connectivity index (χ1) is 15.3. The molecule has 5 heteroatoms. The fourth-order valence-electron chi connectivity index (χ4n) is 5.78. The van der Waals surface area contributed by atoms with Crippen LogP contribution in [0.15, 0.2) is 48.5 Å². The molecule has 1 aliphatic heterocycles. The van der Waals surface area contributed by atoms with Gasteiger partial charge in [0.05, 0.1) is 23.1 Å². The predicted molar refractivity (Wildman–Crippen MR) is 121 cm³/mol. The van der Waals surface area contributed by atoms with E-state index in [0.717, 1.165) is 25.7 Å². The Morgan fingerprint density at radius 1 is 1.00 bits per heavy atom. The fourth-order valence-corrected chi connectivity index (χ4v) is 5.78. The second kappa shape index (κ2) is 7.58. The molecule has 1 heterocycles. The number of carbonyl (C=O) groups is 3. The molecule has 32 heavy (non-hydrogen) atoms. The van der Waals surface area contributed by atoms with Crippen LogP contribution in [0.2, 0.25) is 0 Å². The molecule has 5 rings (SSSR count). The highest BCUT2D eigenvalue weighted by atomic mass is 16.5. The largest absolute Gasteiger partial charge is 0.423 e. The number of benzene rings is 2. The van der Waals surface area contributed by atoms with Crippen molar-refractivity contribution in [3.05, 3.63) is 59.7 Å². The van der Waals surface area contributed by atoms with Crippen LogP contribution in [0.5, 0.6) is 5.75 Å². The summed E-state index contributed by atoms with van der Waals surface area (Å²) >= 11 is 0. The molecule has 2 bridgehead atoms. The van der Waals surface area contributed by atoms with Crippen molar-refractivity contribution in [3.8, 4) is 5.75 Å². The number of hydrogen-bond donors (Lipinski definition) is 0. The zero-order valence-corrected chi connectivity index (χ0v) is 18.8. The first-order valence-corrected chi connectivity index (χ1v) is 11.6. The zero-order chi connectivity index (χ0) is 22.6. The van der Waals surface area contributed by atoms with E-state index in [1.165, 1.54) is 10.5 Å². The highest BCUT2D eigenvalue weighted by molar-refractivity contribution is 6.22. The van der Waals surface area contributed by atoms with Gasteiger partial charge in [0, 0.05) is 0 Å². The van der Waals surface area contributed by atoms with Gasteiger partial charge in [-0.25, -0.2) is 4.79 Å². The molecule has 3 fully saturated rings. The average molecular weight is 432 g/mol. The summed E-state index contributed by atoms with van der Waals surface area (Å²) in [7, 11) is 0. The molecule has 0 aromatic heterocycles. The molecule has 0 radical (unpaired) electrons. The third-order valence-corrected chi connectivity index (χ3v) is 8.00. The lowest BCUT2D eigenvalue weighted by Crippen LogP contribution is -2.32. The third kappa shape index (κ3) is 3.26. The first kappa shape index (κ1) is 20.9. The minimum atomic E-state index is -0.506. The summed E-state index contributed by atoms with van der Waals surface area (Å²) in [5, 5.41) is 0. The van der Waals surface area contributed by atoms with Crippen molar-refractivity contribution in [1.82, 2.24) is 0 Å². The normalized spacial score (nSPS) is 26.5. The van der Waals surface area contributed by atoms with Crippen molar-refractivity contribution in [2.24, 2.45) is 23.7 Å². The minimum absolute atomic E-state index is 0.0590. The molecule has 0 N–H and O–H groups in total. The Morgan fingerprint density at radius 3 is 2.22 bits per heavy atom. The van der Waals surface area contributed by atoms with E-state index in [0.29, 0.717) is 28.8 Å². The van der Waals surface area contributed by atoms with Crippen molar-refractivity contribution in [2.75, 3.05) is 4.90 Å². The number of esters is 1. The topological polar surface area (TPSA) is 63.7 Å². The number of imide groups is 1. The van der Waals surface area contributed by atoms with Crippen LogP contribution in [0.1, 0.15) is 62.4 Å². The van der Waals surface area contributed by atoms with E-state index in [1.807, 2.05) is 12.1 Å². The van der Waals surface area contributed by atoms with Crippen molar-refractivity contribution in [1.29, 1.82) is 0 Å². The number of amides is 2. The van der Waals surface area contributed by atoms with Crippen LogP contribution in [0.25, 0.3) is 0 Å². The fraction of sp³-hybridized carbons (Fsp3) is 0.444. The van der Waals surface area contributed by atoms with Gasteiger partial charge in [-0.3, -0.25) is 14.5 Å². The van der Waals surface area contributed by atoms with Crippen LogP contribution in [-0.4, -0.2) is 17.8 Å². The van der Waals surface area contributed by atoms with Crippen LogP contribution in [0.4, 0.5) is 5.69 Å². The van der Waals surface area contributed by atoms with E-state index in [-0.39, 0.29) is 29.1 Å². The quantitative estimate of drug-likeness (QED) is 0.374. The minimum Gasteiger partial charge on any atom is -0.423 e. The number of nitrogens with zero attached hydrogens (tertiary/aromatic N) is 1. The number of carbonyl (C=O) groups excluding carboxylic acids is 3. The van der Waals surface area contributed by atoms with Crippen molar-refractivity contribution >= 4 is 23.5 Å². The predicted octanol–water partition coefficient (Wildman–Crippen LogP) is 5.13. The van der Waals surface area contributed by atoms with E-state index in [2.05, 4.69) is 20.8 Å². The molecule has 166 valence electrons. The first-order valence-electron chi connectivity index (χ1n) is 11.6. The van der Waals surface area contributed by atoms with E-state index < -0.39 is 5.97 Å². The van der Waals surface area contributed by atoms with Gasteiger partial charge in [0.15, 0.2) is 0 Å². The summed E-state index contributed by atoms with van der Waals surface area (Å²) in [6, 6.07) is 14.2. The molecule has 2 aliphatic carbocycles. The van der Waals surface area contributed by atoms with E-state index in [4.69, 9.17) is 4.74 Å². The lowest BCUT2D eigenvalue weighted by atomic mass is 9.81. The van der Waals surface area contributed by atoms with Crippen LogP contribution in [0.3, 0.4) is 0 Å². The van der Waals surface area contributed by atoms with E-state index in [9.17, 15) is 14.4 Å². The van der Waals surface area contributed by atoms with Crippen LogP contribution in [0, 0.1) is 23.7 Å². The Balaban J connectivity index is 1.34. The summed E-state index contributed by atoms with van der Waals surface area (Å²) < 4.78 is 5.56. The summed E-state index contributed by atoms with van der Waals surface area (Å²) in [6.45, 7) is 6.51. The van der Waals surface area contributed by atoms with Crippen LogP contribution in [-0.2, 0) is 15.0 Å². The number of rotatable bonds is 5. The van der Waals surface area contributed by atoms with Gasteiger partial charge in [-0.2, -0.15) is 0 Å². The Kier molecular flexibility index (Phi) is 4.95. The van der Waals surface area contributed by atoms with Crippen molar-refractivity contribution in [3.63, 3.8) is 0 Å². The maximum absolute atomic E-state index is 13.1. The van der Waals surface area contributed by atoms with E-state index in [1.54, 1.807) is 36.4 Å². The Bertz CT molecular complexity index is 1060. The number of ether oxygens (including phenoxy) is 1. The molecular formula is C27H29NO4. The number of anilines is 1. The van der Waals surface area contributed by atoms with Gasteiger partial charge in [-0.05, 0) is 78.8 Å². The van der Waals surface area contributed by atoms with Gasteiger partial charge in [0.1, 0.15) is 5.75 Å². The molecule has 2 amide bonds. The van der Waals surface area contributed by atoms with Gasteiger partial charge in [-0.15, -0.1) is 0 Å². The Morgan fingerprint density at radius 2 is 1.62 bits per heavy atom. The zero-order valence-electron chi connectivity index (χ0n) is 18.8. The lowest BCUT2D eigenvalue weighted by molar-refractivity contribution is -0.123. The van der Waals surface area contributed by atoms with Crippen molar-refractivity contribution < 1.29 is 19.1 Å². The highest BCUT2D eigenvalue weighted by Crippen LogP contribution is 2.56. The van der Waals surface area contributed by atoms with Crippen molar-refractivity contribution in [2.45, 2.75) is 51.9 Å².